The molecule has 0 N–H and O–H groups in total. The van der Waals surface area contributed by atoms with Crippen LogP contribution in [0.5, 0.6) is 0 Å². The van der Waals surface area contributed by atoms with Crippen molar-refractivity contribution in [1.29, 1.82) is 0 Å². The van der Waals surface area contributed by atoms with Gasteiger partial charge in [0.15, 0.2) is 0 Å². The number of fused-ring (bicyclic) bond motifs is 1. The summed E-state index contributed by atoms with van der Waals surface area (Å²) in [5.41, 5.74) is 2.00. The van der Waals surface area contributed by atoms with Gasteiger partial charge in [-0.05, 0) is 0 Å². The number of anilines is 1. The second kappa shape index (κ2) is 6.36. The van der Waals surface area contributed by atoms with E-state index in [2.05, 4.69) is 14.9 Å². The Hall–Kier alpha value is -1.73. The summed E-state index contributed by atoms with van der Waals surface area (Å²) in [7, 11) is 1.60. The van der Waals surface area contributed by atoms with Crippen molar-refractivity contribution < 1.29 is 14.3 Å². The van der Waals surface area contributed by atoms with E-state index < -0.39 is 0 Å². The minimum absolute atomic E-state index is 0.0998. The number of rotatable bonds is 4. The highest BCUT2D eigenvalue weighted by Gasteiger charge is 2.26. The van der Waals surface area contributed by atoms with E-state index >= 15 is 0 Å². The lowest BCUT2D eigenvalue weighted by atomic mass is 10.3. The maximum absolute atomic E-state index is 12.0. The van der Waals surface area contributed by atoms with Crippen LogP contribution in [-0.4, -0.2) is 60.8 Å². The highest BCUT2D eigenvalue weighted by molar-refractivity contribution is 5.76. The Morgan fingerprint density at radius 3 is 2.95 bits per heavy atom. The number of morpholine rings is 1. The average molecular weight is 292 g/mol. The van der Waals surface area contributed by atoms with Crippen molar-refractivity contribution in [3.63, 3.8) is 0 Å². The second-order valence-electron chi connectivity index (χ2n) is 5.23. The molecular formula is C14H20N4O3. The van der Waals surface area contributed by atoms with Gasteiger partial charge in [0.05, 0.1) is 38.5 Å². The molecule has 0 spiro atoms. The first kappa shape index (κ1) is 14.2. The van der Waals surface area contributed by atoms with Crippen molar-refractivity contribution in [2.45, 2.75) is 19.5 Å². The van der Waals surface area contributed by atoms with Crippen molar-refractivity contribution in [3.8, 4) is 0 Å². The van der Waals surface area contributed by atoms with Gasteiger partial charge in [-0.3, -0.25) is 4.79 Å². The summed E-state index contributed by atoms with van der Waals surface area (Å²) in [5.74, 6) is 0.839. The zero-order valence-electron chi connectivity index (χ0n) is 12.2. The van der Waals surface area contributed by atoms with Gasteiger partial charge in [-0.25, -0.2) is 9.97 Å². The fourth-order valence-corrected chi connectivity index (χ4v) is 2.58. The van der Waals surface area contributed by atoms with Crippen molar-refractivity contribution >= 4 is 11.9 Å². The van der Waals surface area contributed by atoms with E-state index in [9.17, 15) is 4.79 Å². The predicted molar refractivity (Wildman–Crippen MR) is 75.8 cm³/mol. The normalized spacial score (nSPS) is 18.0. The molecule has 1 aromatic heterocycles. The molecule has 2 aliphatic heterocycles. The molecule has 0 saturated carbocycles. The first-order chi connectivity index (χ1) is 10.3. The summed E-state index contributed by atoms with van der Waals surface area (Å²) in [4.78, 5) is 25.0. The zero-order valence-corrected chi connectivity index (χ0v) is 12.2. The van der Waals surface area contributed by atoms with Crippen LogP contribution in [0.4, 0.5) is 5.95 Å². The van der Waals surface area contributed by atoms with Crippen LogP contribution in [0, 0.1) is 0 Å². The Morgan fingerprint density at radius 1 is 1.38 bits per heavy atom. The zero-order chi connectivity index (χ0) is 14.7. The number of hydrogen-bond acceptors (Lipinski definition) is 6. The summed E-state index contributed by atoms with van der Waals surface area (Å²) in [6, 6.07) is 0. The highest BCUT2D eigenvalue weighted by Crippen LogP contribution is 2.23. The molecule has 0 bridgehead atoms. The topological polar surface area (TPSA) is 67.8 Å². The largest absolute Gasteiger partial charge is 0.384 e. The van der Waals surface area contributed by atoms with Crippen LogP contribution >= 0.6 is 0 Å². The minimum atomic E-state index is 0.0998. The molecule has 3 heterocycles. The van der Waals surface area contributed by atoms with Gasteiger partial charge < -0.3 is 19.3 Å². The van der Waals surface area contributed by atoms with E-state index in [1.54, 1.807) is 7.11 Å². The molecule has 3 rings (SSSR count). The van der Waals surface area contributed by atoms with Crippen molar-refractivity contribution in [2.24, 2.45) is 0 Å². The average Bonchev–Trinajstić information content (AvgIpc) is 2.96. The quantitative estimate of drug-likeness (QED) is 0.789. The molecule has 1 aromatic rings. The maximum Gasteiger partial charge on any atom is 0.225 e. The molecule has 0 atom stereocenters. The molecule has 1 amide bonds. The number of ether oxygens (including phenoxy) is 2. The van der Waals surface area contributed by atoms with Crippen LogP contribution in [0.2, 0.25) is 0 Å². The monoisotopic (exact) mass is 292 g/mol. The third-order valence-corrected chi connectivity index (χ3v) is 3.81. The number of methoxy groups -OCH3 is 1. The third-order valence-electron chi connectivity index (χ3n) is 3.81. The van der Waals surface area contributed by atoms with Gasteiger partial charge in [0.25, 0.3) is 0 Å². The van der Waals surface area contributed by atoms with E-state index in [-0.39, 0.29) is 5.91 Å². The van der Waals surface area contributed by atoms with Gasteiger partial charge in [0.2, 0.25) is 11.9 Å². The minimum Gasteiger partial charge on any atom is -0.384 e. The molecule has 7 nitrogen and oxygen atoms in total. The summed E-state index contributed by atoms with van der Waals surface area (Å²) in [5, 5.41) is 0. The van der Waals surface area contributed by atoms with Gasteiger partial charge >= 0.3 is 0 Å². The van der Waals surface area contributed by atoms with E-state index in [0.29, 0.717) is 39.3 Å². The summed E-state index contributed by atoms with van der Waals surface area (Å²) in [6.07, 6.45) is 2.25. The lowest BCUT2D eigenvalue weighted by Crippen LogP contribution is -2.37. The number of carbonyl (C=O) groups is 1. The Balaban J connectivity index is 1.67. The van der Waals surface area contributed by atoms with Crippen LogP contribution in [0.3, 0.4) is 0 Å². The fourth-order valence-electron chi connectivity index (χ4n) is 2.58. The Bertz CT molecular complexity index is 517. The molecule has 2 aliphatic rings. The van der Waals surface area contributed by atoms with Gasteiger partial charge in [-0.15, -0.1) is 0 Å². The summed E-state index contributed by atoms with van der Waals surface area (Å²) < 4.78 is 10.3. The molecule has 0 aromatic carbocycles. The lowest BCUT2D eigenvalue weighted by molar-refractivity contribution is -0.132. The van der Waals surface area contributed by atoms with Crippen LogP contribution < -0.4 is 4.90 Å². The predicted octanol–water partition coefficient (Wildman–Crippen LogP) is 0.192. The summed E-state index contributed by atoms with van der Waals surface area (Å²) >= 11 is 0. The Morgan fingerprint density at radius 2 is 2.19 bits per heavy atom. The second-order valence-corrected chi connectivity index (χ2v) is 5.23. The Labute approximate surface area is 123 Å². The van der Waals surface area contributed by atoms with Crippen LogP contribution in [0.15, 0.2) is 6.20 Å². The summed E-state index contributed by atoms with van der Waals surface area (Å²) in [6.45, 7) is 4.67. The number of aromatic nitrogens is 2. The van der Waals surface area contributed by atoms with Gasteiger partial charge in [-0.2, -0.15) is 0 Å². The molecule has 1 saturated heterocycles. The fraction of sp³-hybridized carbons (Fsp3) is 0.643. The molecule has 1 fully saturated rings. The number of hydrogen-bond donors (Lipinski definition) is 0. The van der Waals surface area contributed by atoms with Gasteiger partial charge in [-0.1, -0.05) is 0 Å². The first-order valence-electron chi connectivity index (χ1n) is 7.22. The SMILES string of the molecule is COCCC(=O)N1Cc2cnc(N3CCOCC3)nc2C1. The highest BCUT2D eigenvalue weighted by atomic mass is 16.5. The van der Waals surface area contributed by atoms with Gasteiger partial charge in [0.1, 0.15) is 0 Å². The Kier molecular flexibility index (Phi) is 4.31. The molecule has 0 aliphatic carbocycles. The van der Waals surface area contributed by atoms with Crippen molar-refractivity contribution in [1.82, 2.24) is 14.9 Å². The van der Waals surface area contributed by atoms with Crippen molar-refractivity contribution in [3.05, 3.63) is 17.5 Å². The van der Waals surface area contributed by atoms with Gasteiger partial charge in [0, 0.05) is 38.5 Å². The molecule has 114 valence electrons. The number of amides is 1. The molecule has 21 heavy (non-hydrogen) atoms. The molecular weight excluding hydrogens is 272 g/mol. The molecule has 0 unspecified atom stereocenters. The third kappa shape index (κ3) is 3.14. The van der Waals surface area contributed by atoms with Crippen LogP contribution in [-0.2, 0) is 27.4 Å². The van der Waals surface area contributed by atoms with E-state index in [1.165, 1.54) is 0 Å². The van der Waals surface area contributed by atoms with Crippen LogP contribution in [0.1, 0.15) is 17.7 Å². The standard InChI is InChI=1S/C14H20N4O3/c1-20-5-2-13(19)18-9-11-8-15-14(16-12(11)10-18)17-3-6-21-7-4-17/h8H,2-7,9-10H2,1H3. The van der Waals surface area contributed by atoms with Crippen molar-refractivity contribution in [2.75, 3.05) is 44.9 Å². The van der Waals surface area contributed by atoms with E-state index in [4.69, 9.17) is 9.47 Å². The molecule has 7 heteroatoms. The molecule has 0 radical (unpaired) electrons. The van der Waals surface area contributed by atoms with E-state index in [0.717, 1.165) is 30.3 Å². The van der Waals surface area contributed by atoms with Crippen LogP contribution in [0.25, 0.3) is 0 Å². The van der Waals surface area contributed by atoms with E-state index in [1.807, 2.05) is 11.1 Å². The first-order valence-corrected chi connectivity index (χ1v) is 7.22. The number of carbonyl (C=O) groups excluding carboxylic acids is 1. The lowest BCUT2D eigenvalue weighted by Gasteiger charge is -2.26. The maximum atomic E-state index is 12.0. The smallest absolute Gasteiger partial charge is 0.225 e. The number of nitrogens with zero attached hydrogens (tertiary/aromatic N) is 4.